The lowest BCUT2D eigenvalue weighted by molar-refractivity contribution is 1.20. The monoisotopic (exact) mass is 371 g/mol. The number of nitrogens with two attached hydrogens (primary N) is 1. The molecule has 0 aromatic carbocycles. The molecule has 17 heavy (non-hydrogen) atoms. The van der Waals surface area contributed by atoms with Crippen LogP contribution in [0.25, 0.3) is 16.2 Å². The van der Waals surface area contributed by atoms with Gasteiger partial charge in [0.25, 0.3) is 0 Å². The van der Waals surface area contributed by atoms with Crippen molar-refractivity contribution in [1.82, 2.24) is 9.38 Å². The number of anilines is 1. The second-order valence-electron chi connectivity index (χ2n) is 3.51. The average molecular weight is 373 g/mol. The van der Waals surface area contributed by atoms with Crippen molar-refractivity contribution in [1.29, 1.82) is 0 Å². The van der Waals surface area contributed by atoms with Crippen LogP contribution in [0.4, 0.5) is 5.82 Å². The van der Waals surface area contributed by atoms with Gasteiger partial charge in [-0.3, -0.25) is 4.40 Å². The summed E-state index contributed by atoms with van der Waals surface area (Å²) in [5, 5.41) is 0. The summed E-state index contributed by atoms with van der Waals surface area (Å²) in [6.45, 7) is 0. The van der Waals surface area contributed by atoms with Crippen molar-refractivity contribution in [2.24, 2.45) is 0 Å². The van der Waals surface area contributed by atoms with Crippen LogP contribution >= 0.6 is 43.2 Å². The number of halogens is 2. The number of imidazole rings is 1. The van der Waals surface area contributed by atoms with E-state index in [1.165, 1.54) is 0 Å². The summed E-state index contributed by atoms with van der Waals surface area (Å²) in [7, 11) is 0. The van der Waals surface area contributed by atoms with Crippen LogP contribution in [0.1, 0.15) is 0 Å². The predicted octanol–water partition coefficient (Wildman–Crippen LogP) is 4.17. The summed E-state index contributed by atoms with van der Waals surface area (Å²) in [4.78, 5) is 5.59. The lowest BCUT2D eigenvalue weighted by atomic mass is 10.3. The SMILES string of the molecule is Nc1c(-c2cc(Br)c(Br)s2)nc2ccccn12. The Bertz CT molecular complexity index is 682. The van der Waals surface area contributed by atoms with Crippen LogP contribution in [-0.2, 0) is 0 Å². The van der Waals surface area contributed by atoms with Crippen molar-refractivity contribution >= 4 is 54.7 Å². The van der Waals surface area contributed by atoms with Gasteiger partial charge in [0.05, 0.1) is 8.66 Å². The minimum absolute atomic E-state index is 0.668. The van der Waals surface area contributed by atoms with Gasteiger partial charge in [-0.2, -0.15) is 0 Å². The highest BCUT2D eigenvalue weighted by Crippen LogP contribution is 2.39. The maximum absolute atomic E-state index is 6.11. The summed E-state index contributed by atoms with van der Waals surface area (Å²) in [6.07, 6.45) is 1.92. The molecule has 0 aliphatic heterocycles. The van der Waals surface area contributed by atoms with E-state index in [4.69, 9.17) is 5.73 Å². The molecule has 3 rings (SSSR count). The smallest absolute Gasteiger partial charge is 0.139 e. The zero-order chi connectivity index (χ0) is 12.0. The standard InChI is InChI=1S/C11H7Br2N3S/c12-6-5-7(17-10(6)13)9-11(14)16-4-2-1-3-8(16)15-9/h1-5H,14H2. The molecule has 6 heteroatoms. The van der Waals surface area contributed by atoms with Crippen molar-refractivity contribution in [3.05, 3.63) is 38.7 Å². The van der Waals surface area contributed by atoms with E-state index in [0.717, 1.165) is 24.5 Å². The van der Waals surface area contributed by atoms with Gasteiger partial charge in [-0.1, -0.05) is 6.07 Å². The van der Waals surface area contributed by atoms with Gasteiger partial charge in [0, 0.05) is 10.7 Å². The summed E-state index contributed by atoms with van der Waals surface area (Å²) >= 11 is 8.56. The highest BCUT2D eigenvalue weighted by Gasteiger charge is 2.14. The molecule has 0 fully saturated rings. The first kappa shape index (κ1) is 11.3. The summed E-state index contributed by atoms with van der Waals surface area (Å²) < 4.78 is 3.95. The van der Waals surface area contributed by atoms with Crippen molar-refractivity contribution in [3.8, 4) is 10.6 Å². The van der Waals surface area contributed by atoms with Crippen LogP contribution < -0.4 is 5.73 Å². The molecular weight excluding hydrogens is 366 g/mol. The van der Waals surface area contributed by atoms with E-state index in [-0.39, 0.29) is 0 Å². The summed E-state index contributed by atoms with van der Waals surface area (Å²) in [5.74, 6) is 0.668. The van der Waals surface area contributed by atoms with E-state index < -0.39 is 0 Å². The van der Waals surface area contributed by atoms with Crippen LogP contribution in [0.15, 0.2) is 38.7 Å². The molecule has 0 aliphatic carbocycles. The number of hydrogen-bond donors (Lipinski definition) is 1. The molecule has 3 nitrogen and oxygen atoms in total. The first-order valence-corrected chi connectivity index (χ1v) is 7.25. The third kappa shape index (κ3) is 1.80. The Labute approximate surface area is 119 Å². The molecule has 3 aromatic rings. The Kier molecular flexibility index (Phi) is 2.72. The zero-order valence-corrected chi connectivity index (χ0v) is 12.5. The molecule has 0 amide bonds. The van der Waals surface area contributed by atoms with E-state index in [1.807, 2.05) is 34.9 Å². The van der Waals surface area contributed by atoms with Crippen LogP contribution in [0.5, 0.6) is 0 Å². The Hall–Kier alpha value is -0.850. The Morgan fingerprint density at radius 3 is 2.76 bits per heavy atom. The van der Waals surface area contributed by atoms with Gasteiger partial charge in [0.2, 0.25) is 0 Å². The molecule has 0 saturated carbocycles. The van der Waals surface area contributed by atoms with Gasteiger partial charge >= 0.3 is 0 Å². The van der Waals surface area contributed by atoms with Crippen molar-refractivity contribution in [2.75, 3.05) is 5.73 Å². The van der Waals surface area contributed by atoms with Crippen molar-refractivity contribution in [3.63, 3.8) is 0 Å². The lowest BCUT2D eigenvalue weighted by Gasteiger charge is -1.95. The second kappa shape index (κ2) is 4.12. The number of nitrogen functional groups attached to an aromatic ring is 1. The highest BCUT2D eigenvalue weighted by atomic mass is 79.9. The highest BCUT2D eigenvalue weighted by molar-refractivity contribution is 9.13. The first-order valence-electron chi connectivity index (χ1n) is 4.84. The molecule has 0 atom stereocenters. The zero-order valence-electron chi connectivity index (χ0n) is 8.52. The third-order valence-corrected chi connectivity index (χ3v) is 5.71. The normalized spacial score (nSPS) is 11.2. The van der Waals surface area contributed by atoms with Crippen LogP contribution in [-0.4, -0.2) is 9.38 Å². The number of nitrogens with zero attached hydrogens (tertiary/aromatic N) is 2. The first-order chi connectivity index (χ1) is 8.16. The molecule has 0 bridgehead atoms. The summed E-state index contributed by atoms with van der Waals surface area (Å²) in [6, 6.07) is 7.85. The van der Waals surface area contributed by atoms with Gasteiger partial charge < -0.3 is 5.73 Å². The molecule has 0 saturated heterocycles. The van der Waals surface area contributed by atoms with Crippen LogP contribution in [0.2, 0.25) is 0 Å². The average Bonchev–Trinajstić information content (AvgIpc) is 2.82. The van der Waals surface area contributed by atoms with Gasteiger partial charge in [0.15, 0.2) is 0 Å². The largest absolute Gasteiger partial charge is 0.383 e. The number of pyridine rings is 1. The molecule has 2 N–H and O–H groups in total. The molecule has 0 spiro atoms. The summed E-state index contributed by atoms with van der Waals surface area (Å²) in [5.41, 5.74) is 7.80. The molecule has 3 aromatic heterocycles. The van der Waals surface area contributed by atoms with E-state index in [9.17, 15) is 0 Å². The fourth-order valence-corrected chi connectivity index (χ4v) is 3.69. The number of hydrogen-bond acceptors (Lipinski definition) is 3. The Morgan fingerprint density at radius 1 is 1.29 bits per heavy atom. The fourth-order valence-electron chi connectivity index (χ4n) is 1.66. The number of thiophene rings is 1. The van der Waals surface area contributed by atoms with Gasteiger partial charge in [-0.05, 0) is 50.1 Å². The molecule has 3 heterocycles. The predicted molar refractivity (Wildman–Crippen MR) is 78.3 cm³/mol. The number of fused-ring (bicyclic) bond motifs is 1. The minimum Gasteiger partial charge on any atom is -0.383 e. The molecular formula is C11H7Br2N3S. The van der Waals surface area contributed by atoms with Gasteiger partial charge in [-0.25, -0.2) is 4.98 Å². The third-order valence-electron chi connectivity index (χ3n) is 2.45. The van der Waals surface area contributed by atoms with Crippen LogP contribution in [0.3, 0.4) is 0 Å². The number of aromatic nitrogens is 2. The molecule has 0 unspecified atom stereocenters. The van der Waals surface area contributed by atoms with E-state index in [1.54, 1.807) is 11.3 Å². The quantitative estimate of drug-likeness (QED) is 0.696. The van der Waals surface area contributed by atoms with Gasteiger partial charge in [-0.15, -0.1) is 11.3 Å². The van der Waals surface area contributed by atoms with E-state index in [2.05, 4.69) is 36.8 Å². The van der Waals surface area contributed by atoms with Gasteiger partial charge in [0.1, 0.15) is 17.2 Å². The van der Waals surface area contributed by atoms with E-state index in [0.29, 0.717) is 5.82 Å². The maximum atomic E-state index is 6.11. The molecule has 86 valence electrons. The minimum atomic E-state index is 0.668. The maximum Gasteiger partial charge on any atom is 0.139 e. The van der Waals surface area contributed by atoms with Crippen molar-refractivity contribution < 1.29 is 0 Å². The number of rotatable bonds is 1. The molecule has 0 radical (unpaired) electrons. The fraction of sp³-hybridized carbons (Fsp3) is 0. The Morgan fingerprint density at radius 2 is 2.12 bits per heavy atom. The lowest BCUT2D eigenvalue weighted by Crippen LogP contribution is -1.92. The Balaban J connectivity index is 2.27. The molecule has 0 aliphatic rings. The second-order valence-corrected chi connectivity index (χ2v) is 6.73. The van der Waals surface area contributed by atoms with Crippen molar-refractivity contribution in [2.45, 2.75) is 0 Å². The van der Waals surface area contributed by atoms with Crippen LogP contribution in [0, 0.1) is 0 Å². The van der Waals surface area contributed by atoms with E-state index >= 15 is 0 Å². The topological polar surface area (TPSA) is 43.3 Å².